The summed E-state index contributed by atoms with van der Waals surface area (Å²) in [7, 11) is 1.39. The number of anilines is 1. The summed E-state index contributed by atoms with van der Waals surface area (Å²) in [5.41, 5.74) is -1.55. The Labute approximate surface area is 175 Å². The Morgan fingerprint density at radius 1 is 1.10 bits per heavy atom. The second-order valence-electron chi connectivity index (χ2n) is 8.66. The average Bonchev–Trinajstić information content (AvgIpc) is 2.56. The van der Waals surface area contributed by atoms with Crippen molar-refractivity contribution in [3.05, 3.63) is 34.4 Å². The molecule has 0 aromatic heterocycles. The summed E-state index contributed by atoms with van der Waals surface area (Å²) in [4.78, 5) is 49.0. The van der Waals surface area contributed by atoms with E-state index in [1.54, 1.807) is 41.5 Å². The number of esters is 1. The number of non-ortho nitro benzene ring substituents is 1. The number of carbonyl (C=O) groups is 3. The lowest BCUT2D eigenvalue weighted by Gasteiger charge is -2.27. The van der Waals surface area contributed by atoms with Crippen LogP contribution in [0.25, 0.3) is 0 Å². The van der Waals surface area contributed by atoms with Gasteiger partial charge in [-0.25, -0.2) is 4.79 Å². The summed E-state index contributed by atoms with van der Waals surface area (Å²) in [6, 6.07) is 4.15. The summed E-state index contributed by atoms with van der Waals surface area (Å²) in [6.45, 7) is 10.0. The van der Waals surface area contributed by atoms with Gasteiger partial charge in [0.05, 0.1) is 17.0 Å². The molecular formula is C20H29N3O7. The van der Waals surface area contributed by atoms with Gasteiger partial charge in [0.15, 0.2) is 0 Å². The quantitative estimate of drug-likeness (QED) is 0.423. The van der Waals surface area contributed by atoms with Crippen LogP contribution < -0.4 is 10.2 Å². The third kappa shape index (κ3) is 8.46. The molecule has 0 saturated heterocycles. The average molecular weight is 423 g/mol. The van der Waals surface area contributed by atoms with Crippen molar-refractivity contribution < 1.29 is 28.8 Å². The second-order valence-corrected chi connectivity index (χ2v) is 8.66. The third-order valence-electron chi connectivity index (χ3n) is 3.54. The monoisotopic (exact) mass is 423 g/mol. The summed E-state index contributed by atoms with van der Waals surface area (Å²) in [5, 5.41) is 13.4. The Bertz CT molecular complexity index is 779. The maximum atomic E-state index is 13.0. The largest absolute Gasteiger partial charge is 0.460 e. The Balaban J connectivity index is 3.10. The number of benzene rings is 1. The van der Waals surface area contributed by atoms with Crippen LogP contribution in [-0.2, 0) is 19.1 Å². The van der Waals surface area contributed by atoms with Crippen molar-refractivity contribution in [2.75, 3.05) is 11.9 Å². The van der Waals surface area contributed by atoms with E-state index >= 15 is 0 Å². The van der Waals surface area contributed by atoms with Gasteiger partial charge in [-0.3, -0.25) is 19.7 Å². The van der Waals surface area contributed by atoms with Crippen LogP contribution in [0, 0.1) is 10.1 Å². The van der Waals surface area contributed by atoms with Crippen molar-refractivity contribution in [2.45, 2.75) is 65.2 Å². The van der Waals surface area contributed by atoms with Gasteiger partial charge in [-0.2, -0.15) is 0 Å². The molecule has 0 aliphatic carbocycles. The van der Waals surface area contributed by atoms with Crippen LogP contribution in [0.2, 0.25) is 0 Å². The van der Waals surface area contributed by atoms with Crippen molar-refractivity contribution in [2.24, 2.45) is 0 Å². The number of hydrogen-bond acceptors (Lipinski definition) is 7. The van der Waals surface area contributed by atoms with Crippen molar-refractivity contribution in [3.63, 3.8) is 0 Å². The smallest absolute Gasteiger partial charge is 0.408 e. The van der Waals surface area contributed by atoms with E-state index in [0.717, 1.165) is 4.90 Å². The molecule has 0 fully saturated rings. The zero-order valence-corrected chi connectivity index (χ0v) is 18.3. The molecule has 0 aliphatic heterocycles. The highest BCUT2D eigenvalue weighted by atomic mass is 16.6. The number of nitrogens with zero attached hydrogens (tertiary/aromatic N) is 2. The van der Waals surface area contributed by atoms with Gasteiger partial charge in [-0.15, -0.1) is 0 Å². The minimum absolute atomic E-state index is 0.198. The highest BCUT2D eigenvalue weighted by Crippen LogP contribution is 2.21. The molecule has 1 atom stereocenters. The zero-order valence-electron chi connectivity index (χ0n) is 18.3. The van der Waals surface area contributed by atoms with E-state index in [1.807, 2.05) is 0 Å². The number of nitro benzene ring substituents is 1. The first kappa shape index (κ1) is 24.9. The van der Waals surface area contributed by atoms with Crippen molar-refractivity contribution >= 4 is 29.3 Å². The van der Waals surface area contributed by atoms with Gasteiger partial charge in [0.25, 0.3) is 5.69 Å². The first-order valence-corrected chi connectivity index (χ1v) is 9.32. The van der Waals surface area contributed by atoms with Crippen molar-refractivity contribution in [1.82, 2.24) is 5.32 Å². The lowest BCUT2D eigenvalue weighted by atomic mass is 10.1. The molecule has 166 valence electrons. The first-order chi connectivity index (χ1) is 13.6. The van der Waals surface area contributed by atoms with Gasteiger partial charge in [0.2, 0.25) is 5.91 Å². The van der Waals surface area contributed by atoms with Crippen molar-refractivity contribution in [3.8, 4) is 0 Å². The molecule has 0 radical (unpaired) electrons. The number of amides is 2. The Hall–Kier alpha value is -3.17. The fraction of sp³-hybridized carbons (Fsp3) is 0.550. The van der Waals surface area contributed by atoms with Gasteiger partial charge in [-0.05, 0) is 47.6 Å². The minimum atomic E-state index is -1.29. The molecule has 1 unspecified atom stereocenters. The van der Waals surface area contributed by atoms with Crippen LogP contribution in [0.3, 0.4) is 0 Å². The van der Waals surface area contributed by atoms with Gasteiger partial charge in [0.1, 0.15) is 17.2 Å². The maximum absolute atomic E-state index is 13.0. The van der Waals surface area contributed by atoms with Gasteiger partial charge < -0.3 is 19.7 Å². The summed E-state index contributed by atoms with van der Waals surface area (Å²) < 4.78 is 10.4. The highest BCUT2D eigenvalue weighted by Gasteiger charge is 2.31. The maximum Gasteiger partial charge on any atom is 0.408 e. The number of nitro groups is 1. The molecule has 0 aliphatic rings. The van der Waals surface area contributed by atoms with Gasteiger partial charge in [0, 0.05) is 19.2 Å². The first-order valence-electron chi connectivity index (χ1n) is 9.32. The molecule has 2 amide bonds. The molecule has 10 heteroatoms. The van der Waals surface area contributed by atoms with Crippen LogP contribution >= 0.6 is 0 Å². The fourth-order valence-corrected chi connectivity index (χ4v) is 2.38. The van der Waals surface area contributed by atoms with E-state index in [9.17, 15) is 24.5 Å². The predicted molar refractivity (Wildman–Crippen MR) is 110 cm³/mol. The number of alkyl carbamates (subject to hydrolysis) is 1. The lowest BCUT2D eigenvalue weighted by molar-refractivity contribution is -0.384. The summed E-state index contributed by atoms with van der Waals surface area (Å²) in [6.07, 6.45) is -1.31. The molecule has 1 N–H and O–H groups in total. The van der Waals surface area contributed by atoms with Crippen LogP contribution in [-0.4, -0.2) is 47.2 Å². The zero-order chi connectivity index (χ0) is 23.3. The molecule has 0 saturated carbocycles. The molecule has 1 aromatic rings. The van der Waals surface area contributed by atoms with Crippen molar-refractivity contribution in [1.29, 1.82) is 0 Å². The predicted octanol–water partition coefficient (Wildman–Crippen LogP) is 3.18. The Morgan fingerprint density at radius 3 is 2.17 bits per heavy atom. The Kier molecular flexibility index (Phi) is 7.92. The number of ether oxygens (including phenoxy) is 2. The second kappa shape index (κ2) is 9.55. The normalized spacial score (nSPS) is 12.5. The van der Waals surface area contributed by atoms with E-state index < -0.39 is 46.6 Å². The van der Waals surface area contributed by atoms with E-state index in [2.05, 4.69) is 5.32 Å². The van der Waals surface area contributed by atoms with E-state index in [4.69, 9.17) is 9.47 Å². The summed E-state index contributed by atoms with van der Waals surface area (Å²) >= 11 is 0. The van der Waals surface area contributed by atoms with Gasteiger partial charge in [-0.1, -0.05) is 6.07 Å². The van der Waals surface area contributed by atoms with Gasteiger partial charge >= 0.3 is 12.1 Å². The molecule has 1 rings (SSSR count). The third-order valence-corrected chi connectivity index (χ3v) is 3.54. The standard InChI is InChI=1S/C20H29N3O7/c1-19(2,3)29-16(24)12-15(21-18(26)30-20(4,5)6)17(25)22(7)13-9-8-10-14(11-13)23(27)28/h8-11,15H,12H2,1-7H3,(H,21,26). The number of likely N-dealkylation sites (N-methyl/N-ethyl adjacent to an activating group) is 1. The number of hydrogen-bond donors (Lipinski definition) is 1. The van der Waals surface area contributed by atoms with Crippen LogP contribution in [0.5, 0.6) is 0 Å². The number of carbonyl (C=O) groups excluding carboxylic acids is 3. The van der Waals surface area contributed by atoms with E-state index in [1.165, 1.54) is 31.3 Å². The Morgan fingerprint density at radius 2 is 1.67 bits per heavy atom. The molecule has 0 bridgehead atoms. The topological polar surface area (TPSA) is 128 Å². The van der Waals surface area contributed by atoms with Crippen LogP contribution in [0.4, 0.5) is 16.2 Å². The van der Waals surface area contributed by atoms with E-state index in [-0.39, 0.29) is 11.4 Å². The van der Waals surface area contributed by atoms with E-state index in [0.29, 0.717) is 0 Å². The molecule has 0 heterocycles. The molecular weight excluding hydrogens is 394 g/mol. The molecule has 30 heavy (non-hydrogen) atoms. The highest BCUT2D eigenvalue weighted by molar-refractivity contribution is 6.00. The lowest BCUT2D eigenvalue weighted by Crippen LogP contribution is -2.50. The molecule has 0 spiro atoms. The molecule has 1 aromatic carbocycles. The van der Waals surface area contributed by atoms with Crippen LogP contribution in [0.1, 0.15) is 48.0 Å². The number of nitrogens with one attached hydrogen (secondary N) is 1. The minimum Gasteiger partial charge on any atom is -0.460 e. The number of rotatable bonds is 6. The summed E-state index contributed by atoms with van der Waals surface area (Å²) in [5.74, 6) is -1.35. The fourth-order valence-electron chi connectivity index (χ4n) is 2.38. The molecule has 10 nitrogen and oxygen atoms in total. The SMILES string of the molecule is CN(C(=O)C(CC(=O)OC(C)(C)C)NC(=O)OC(C)(C)C)c1cccc([N+](=O)[O-])c1. The van der Waals surface area contributed by atoms with Crippen LogP contribution in [0.15, 0.2) is 24.3 Å².